The Bertz CT molecular complexity index is 1500. The van der Waals surface area contributed by atoms with Crippen molar-refractivity contribution in [2.75, 3.05) is 29.9 Å². The molecule has 1 N–H and O–H groups in total. The molecule has 1 aliphatic rings. The van der Waals surface area contributed by atoms with E-state index in [9.17, 15) is 22.8 Å². The number of pyridine rings is 1. The van der Waals surface area contributed by atoms with Gasteiger partial charge in [-0.3, -0.25) is 4.79 Å². The SMILES string of the molecule is CCOC(=O)c1ccc(C2CCN(c3ccc(NC(=O)c4nc(-c5ccccc5)oc4C(F)(F)F)cn3)CC2)cc1. The smallest absolute Gasteiger partial charge is 0.452 e. The molecule has 0 spiro atoms. The summed E-state index contributed by atoms with van der Waals surface area (Å²) in [5, 5.41) is 2.44. The van der Waals surface area contributed by atoms with E-state index in [0.717, 1.165) is 31.5 Å². The van der Waals surface area contributed by atoms with Gasteiger partial charge in [0.25, 0.3) is 5.91 Å². The van der Waals surface area contributed by atoms with Crippen LogP contribution in [0.4, 0.5) is 24.7 Å². The maximum atomic E-state index is 13.6. The highest BCUT2D eigenvalue weighted by molar-refractivity contribution is 6.04. The molecule has 1 saturated heterocycles. The van der Waals surface area contributed by atoms with Gasteiger partial charge in [0.15, 0.2) is 5.69 Å². The summed E-state index contributed by atoms with van der Waals surface area (Å²) in [6.45, 7) is 3.60. The Hall–Kier alpha value is -4.67. The van der Waals surface area contributed by atoms with Crippen LogP contribution in [-0.4, -0.2) is 41.5 Å². The number of amides is 1. The summed E-state index contributed by atoms with van der Waals surface area (Å²) in [5.74, 6) is -2.10. The normalized spacial score (nSPS) is 14.1. The molecule has 1 fully saturated rings. The summed E-state index contributed by atoms with van der Waals surface area (Å²) in [5.41, 5.74) is 1.38. The molecule has 8 nitrogen and oxygen atoms in total. The second-order valence-electron chi connectivity index (χ2n) is 9.52. The molecule has 0 aliphatic carbocycles. The summed E-state index contributed by atoms with van der Waals surface area (Å²) in [4.78, 5) is 35.0. The van der Waals surface area contributed by atoms with Crippen LogP contribution in [-0.2, 0) is 10.9 Å². The van der Waals surface area contributed by atoms with Crippen molar-refractivity contribution in [3.63, 3.8) is 0 Å². The molecule has 0 atom stereocenters. The molecule has 2 aromatic heterocycles. The second-order valence-corrected chi connectivity index (χ2v) is 9.52. The number of esters is 1. The Morgan fingerprint density at radius 2 is 1.73 bits per heavy atom. The molecular weight excluding hydrogens is 537 g/mol. The summed E-state index contributed by atoms with van der Waals surface area (Å²) >= 11 is 0. The van der Waals surface area contributed by atoms with Gasteiger partial charge in [-0.25, -0.2) is 14.8 Å². The van der Waals surface area contributed by atoms with Gasteiger partial charge in [0, 0.05) is 18.7 Å². The monoisotopic (exact) mass is 564 g/mol. The number of ether oxygens (including phenoxy) is 1. The first-order chi connectivity index (χ1) is 19.7. The van der Waals surface area contributed by atoms with Gasteiger partial charge in [0.1, 0.15) is 5.82 Å². The lowest BCUT2D eigenvalue weighted by Crippen LogP contribution is -2.33. The van der Waals surface area contributed by atoms with Crippen molar-refractivity contribution in [2.24, 2.45) is 0 Å². The Labute approximate surface area is 234 Å². The number of hydrogen-bond acceptors (Lipinski definition) is 7. The highest BCUT2D eigenvalue weighted by Crippen LogP contribution is 2.36. The molecule has 4 aromatic rings. The number of piperidine rings is 1. The first-order valence-corrected chi connectivity index (χ1v) is 13.2. The molecule has 0 bridgehead atoms. The number of oxazole rings is 1. The fraction of sp³-hybridized carbons (Fsp3) is 0.267. The molecular formula is C30H27F3N4O4. The average Bonchev–Trinajstić information content (AvgIpc) is 3.45. The van der Waals surface area contributed by atoms with Gasteiger partial charge >= 0.3 is 12.1 Å². The molecule has 1 aliphatic heterocycles. The van der Waals surface area contributed by atoms with Crippen LogP contribution in [0.1, 0.15) is 57.9 Å². The van der Waals surface area contributed by atoms with E-state index in [2.05, 4.69) is 20.2 Å². The first kappa shape index (κ1) is 27.9. The van der Waals surface area contributed by atoms with E-state index >= 15 is 0 Å². The second kappa shape index (κ2) is 11.8. The highest BCUT2D eigenvalue weighted by Gasteiger charge is 2.42. The van der Waals surface area contributed by atoms with Crippen LogP contribution in [0.5, 0.6) is 0 Å². The van der Waals surface area contributed by atoms with E-state index in [0.29, 0.717) is 29.5 Å². The molecule has 0 unspecified atom stereocenters. The minimum absolute atomic E-state index is 0.229. The maximum Gasteiger partial charge on any atom is 0.452 e. The molecule has 212 valence electrons. The van der Waals surface area contributed by atoms with Crippen molar-refractivity contribution in [3.05, 3.63) is 95.5 Å². The Morgan fingerprint density at radius 3 is 2.34 bits per heavy atom. The number of carbonyl (C=O) groups is 2. The number of benzene rings is 2. The number of nitrogens with zero attached hydrogens (tertiary/aromatic N) is 3. The van der Waals surface area contributed by atoms with Crippen molar-refractivity contribution in [1.29, 1.82) is 0 Å². The third-order valence-electron chi connectivity index (χ3n) is 6.84. The van der Waals surface area contributed by atoms with E-state index in [1.54, 1.807) is 61.5 Å². The van der Waals surface area contributed by atoms with Gasteiger partial charge < -0.3 is 19.4 Å². The van der Waals surface area contributed by atoms with Crippen LogP contribution in [0, 0.1) is 0 Å². The number of anilines is 2. The van der Waals surface area contributed by atoms with Crippen molar-refractivity contribution in [1.82, 2.24) is 9.97 Å². The maximum absolute atomic E-state index is 13.6. The Kier molecular flexibility index (Phi) is 8.04. The number of halogens is 3. The summed E-state index contributed by atoms with van der Waals surface area (Å²) in [6.07, 6.45) is -1.73. The third kappa shape index (κ3) is 6.40. The van der Waals surface area contributed by atoms with Crippen LogP contribution in [0.25, 0.3) is 11.5 Å². The van der Waals surface area contributed by atoms with Crippen LogP contribution in [0.3, 0.4) is 0 Å². The predicted octanol–water partition coefficient (Wildman–Crippen LogP) is 6.57. The zero-order valence-electron chi connectivity index (χ0n) is 22.1. The zero-order valence-corrected chi connectivity index (χ0v) is 22.1. The molecule has 41 heavy (non-hydrogen) atoms. The minimum atomic E-state index is -4.90. The number of carbonyl (C=O) groups excluding carboxylic acids is 2. The number of nitrogens with one attached hydrogen (secondary N) is 1. The summed E-state index contributed by atoms with van der Waals surface area (Å²) < 4.78 is 50.8. The molecule has 5 rings (SSSR count). The van der Waals surface area contributed by atoms with Crippen molar-refractivity contribution >= 4 is 23.4 Å². The van der Waals surface area contributed by atoms with Gasteiger partial charge in [-0.15, -0.1) is 0 Å². The molecule has 1 amide bonds. The fourth-order valence-electron chi connectivity index (χ4n) is 4.76. The van der Waals surface area contributed by atoms with E-state index in [1.165, 1.54) is 6.20 Å². The van der Waals surface area contributed by atoms with Gasteiger partial charge in [0.05, 0.1) is 24.1 Å². The van der Waals surface area contributed by atoms with Gasteiger partial charge in [-0.1, -0.05) is 30.3 Å². The largest absolute Gasteiger partial charge is 0.462 e. The number of aromatic nitrogens is 2. The lowest BCUT2D eigenvalue weighted by Gasteiger charge is -2.33. The molecule has 2 aromatic carbocycles. The van der Waals surface area contributed by atoms with Crippen LogP contribution < -0.4 is 10.2 Å². The van der Waals surface area contributed by atoms with Gasteiger partial charge in [-0.05, 0) is 67.6 Å². The van der Waals surface area contributed by atoms with E-state index in [1.807, 2.05) is 12.1 Å². The lowest BCUT2D eigenvalue weighted by molar-refractivity contribution is -0.153. The minimum Gasteiger partial charge on any atom is -0.462 e. The van der Waals surface area contributed by atoms with Crippen molar-refractivity contribution in [2.45, 2.75) is 31.9 Å². The highest BCUT2D eigenvalue weighted by atomic mass is 19.4. The quantitative estimate of drug-likeness (QED) is 0.254. The summed E-state index contributed by atoms with van der Waals surface area (Å²) in [6, 6.07) is 18.9. The first-order valence-electron chi connectivity index (χ1n) is 13.2. The predicted molar refractivity (Wildman–Crippen MR) is 146 cm³/mol. The van der Waals surface area contributed by atoms with Gasteiger partial charge in [-0.2, -0.15) is 13.2 Å². The fourth-order valence-corrected chi connectivity index (χ4v) is 4.76. The summed E-state index contributed by atoms with van der Waals surface area (Å²) in [7, 11) is 0. The topological polar surface area (TPSA) is 97.6 Å². The molecule has 0 saturated carbocycles. The number of alkyl halides is 3. The Balaban J connectivity index is 1.21. The van der Waals surface area contributed by atoms with Crippen LogP contribution >= 0.6 is 0 Å². The van der Waals surface area contributed by atoms with Gasteiger partial charge in [0.2, 0.25) is 11.7 Å². The molecule has 0 radical (unpaired) electrons. The third-order valence-corrected chi connectivity index (χ3v) is 6.84. The van der Waals surface area contributed by atoms with Crippen LogP contribution in [0.15, 0.2) is 77.3 Å². The number of rotatable bonds is 7. The average molecular weight is 565 g/mol. The standard InChI is InChI=1S/C30H27F3N4O4/c1-2-40-29(39)22-10-8-19(9-11-22)20-14-16-37(17-15-20)24-13-12-23(18-34-24)35-27(38)25-26(30(31,32)33)41-28(36-25)21-6-4-3-5-7-21/h3-13,18,20H,2,14-17H2,1H3,(H,35,38). The van der Waals surface area contributed by atoms with E-state index < -0.39 is 23.5 Å². The van der Waals surface area contributed by atoms with E-state index in [4.69, 9.17) is 9.15 Å². The zero-order chi connectivity index (χ0) is 29.0. The number of hydrogen-bond donors (Lipinski definition) is 1. The van der Waals surface area contributed by atoms with Crippen molar-refractivity contribution in [3.8, 4) is 11.5 Å². The Morgan fingerprint density at radius 1 is 1.02 bits per heavy atom. The molecule has 3 heterocycles. The lowest BCUT2D eigenvalue weighted by atomic mass is 9.89. The van der Waals surface area contributed by atoms with Crippen molar-refractivity contribution < 1.29 is 31.9 Å². The van der Waals surface area contributed by atoms with E-state index in [-0.39, 0.29) is 17.5 Å². The molecule has 11 heteroatoms. The van der Waals surface area contributed by atoms with Crippen LogP contribution in [0.2, 0.25) is 0 Å².